The molecule has 2 heterocycles. The van der Waals surface area contributed by atoms with E-state index in [-0.39, 0.29) is 16.9 Å². The monoisotopic (exact) mass is 491 g/mol. The van der Waals surface area contributed by atoms with Gasteiger partial charge in [0.25, 0.3) is 5.91 Å². The molecule has 0 saturated carbocycles. The van der Waals surface area contributed by atoms with Crippen molar-refractivity contribution in [1.82, 2.24) is 9.29 Å². The SMILES string of the molecule is CN(CC1CCCO1)S(=O)(=O)c1ccc(C(=O)Nc2nc(-c3ccc(Cl)cc3)cs2)cc1. The highest BCUT2D eigenvalue weighted by Crippen LogP contribution is 2.26. The predicted octanol–water partition coefficient (Wildman–Crippen LogP) is 4.52. The van der Waals surface area contributed by atoms with Crippen molar-refractivity contribution in [2.75, 3.05) is 25.5 Å². The molecule has 0 spiro atoms. The number of likely N-dealkylation sites (N-methyl/N-ethyl adjacent to an activating group) is 1. The Morgan fingerprint density at radius 3 is 2.59 bits per heavy atom. The second-order valence-electron chi connectivity index (χ2n) is 7.44. The Bertz CT molecular complexity index is 1190. The number of sulfonamides is 1. The van der Waals surface area contributed by atoms with Gasteiger partial charge in [0.2, 0.25) is 10.0 Å². The molecule has 0 radical (unpaired) electrons. The Balaban J connectivity index is 1.41. The number of thiazole rings is 1. The van der Waals surface area contributed by atoms with E-state index in [0.717, 1.165) is 24.1 Å². The lowest BCUT2D eigenvalue weighted by Crippen LogP contribution is -2.34. The number of nitrogens with one attached hydrogen (secondary N) is 1. The number of anilines is 1. The molecule has 10 heteroatoms. The van der Waals surface area contributed by atoms with Crippen LogP contribution >= 0.6 is 22.9 Å². The molecule has 32 heavy (non-hydrogen) atoms. The topological polar surface area (TPSA) is 88.6 Å². The van der Waals surface area contributed by atoms with Gasteiger partial charge in [-0.15, -0.1) is 11.3 Å². The van der Waals surface area contributed by atoms with Gasteiger partial charge in [0.15, 0.2) is 5.13 Å². The number of halogens is 1. The molecule has 3 aromatic rings. The quantitative estimate of drug-likeness (QED) is 0.525. The van der Waals surface area contributed by atoms with Crippen LogP contribution < -0.4 is 5.32 Å². The van der Waals surface area contributed by atoms with Gasteiger partial charge in [-0.25, -0.2) is 13.4 Å². The summed E-state index contributed by atoms with van der Waals surface area (Å²) < 4.78 is 32.4. The summed E-state index contributed by atoms with van der Waals surface area (Å²) in [7, 11) is -2.12. The van der Waals surface area contributed by atoms with E-state index in [2.05, 4.69) is 10.3 Å². The average Bonchev–Trinajstić information content (AvgIpc) is 3.46. The smallest absolute Gasteiger partial charge is 0.257 e. The van der Waals surface area contributed by atoms with Crippen LogP contribution in [-0.4, -0.2) is 49.9 Å². The molecule has 1 amide bonds. The standard InChI is InChI=1S/C22H22ClN3O4S2/c1-26(13-18-3-2-12-30-18)32(28,29)19-10-6-16(7-11-19)21(27)25-22-24-20(14-31-22)15-4-8-17(23)9-5-15/h4-11,14,18H,2-3,12-13H2,1H3,(H,24,25,27). The van der Waals surface area contributed by atoms with Crippen molar-refractivity contribution in [2.45, 2.75) is 23.8 Å². The van der Waals surface area contributed by atoms with Gasteiger partial charge in [-0.05, 0) is 49.2 Å². The van der Waals surface area contributed by atoms with Crippen molar-refractivity contribution in [3.63, 3.8) is 0 Å². The molecule has 1 aromatic heterocycles. The molecule has 0 aliphatic carbocycles. The first-order valence-electron chi connectivity index (χ1n) is 10.0. The van der Waals surface area contributed by atoms with Crippen LogP contribution in [0.15, 0.2) is 58.8 Å². The third-order valence-corrected chi connectivity index (χ3v) is 8.02. The molecule has 1 aliphatic rings. The lowest BCUT2D eigenvalue weighted by Gasteiger charge is -2.20. The summed E-state index contributed by atoms with van der Waals surface area (Å²) in [6, 6.07) is 13.2. The number of nitrogens with zero attached hydrogens (tertiary/aromatic N) is 2. The molecule has 1 fully saturated rings. The van der Waals surface area contributed by atoms with E-state index in [1.54, 1.807) is 19.2 Å². The van der Waals surface area contributed by atoms with Crippen molar-refractivity contribution >= 4 is 44.0 Å². The Hall–Kier alpha value is -2.30. The zero-order chi connectivity index (χ0) is 22.7. The van der Waals surface area contributed by atoms with E-state index >= 15 is 0 Å². The Morgan fingerprint density at radius 1 is 1.22 bits per heavy atom. The van der Waals surface area contributed by atoms with E-state index < -0.39 is 10.0 Å². The number of aromatic nitrogens is 1. The molecular weight excluding hydrogens is 470 g/mol. The highest BCUT2D eigenvalue weighted by molar-refractivity contribution is 7.89. The summed E-state index contributed by atoms with van der Waals surface area (Å²) in [6.45, 7) is 0.979. The fourth-order valence-electron chi connectivity index (χ4n) is 3.39. The van der Waals surface area contributed by atoms with Crippen molar-refractivity contribution in [3.05, 3.63) is 64.5 Å². The summed E-state index contributed by atoms with van der Waals surface area (Å²) in [5.41, 5.74) is 1.97. The van der Waals surface area contributed by atoms with E-state index in [0.29, 0.717) is 28.9 Å². The number of hydrogen-bond acceptors (Lipinski definition) is 6. The molecule has 1 atom stereocenters. The van der Waals surface area contributed by atoms with Gasteiger partial charge in [-0.1, -0.05) is 23.7 Å². The van der Waals surface area contributed by atoms with Gasteiger partial charge in [0.1, 0.15) is 0 Å². The zero-order valence-electron chi connectivity index (χ0n) is 17.3. The molecular formula is C22H22ClN3O4S2. The molecule has 4 rings (SSSR count). The van der Waals surface area contributed by atoms with Crippen LogP contribution in [0.5, 0.6) is 0 Å². The van der Waals surface area contributed by atoms with Gasteiger partial charge < -0.3 is 4.74 Å². The molecule has 0 bridgehead atoms. The van der Waals surface area contributed by atoms with Gasteiger partial charge in [0, 0.05) is 41.7 Å². The first-order chi connectivity index (χ1) is 15.3. The summed E-state index contributed by atoms with van der Waals surface area (Å²) in [5, 5.41) is 5.69. The molecule has 1 unspecified atom stereocenters. The highest BCUT2D eigenvalue weighted by Gasteiger charge is 2.26. The fourth-order valence-corrected chi connectivity index (χ4v) is 5.43. The summed E-state index contributed by atoms with van der Waals surface area (Å²) in [6.07, 6.45) is 1.73. The first-order valence-corrected chi connectivity index (χ1v) is 12.7. The van der Waals surface area contributed by atoms with Crippen molar-refractivity contribution in [3.8, 4) is 11.3 Å². The predicted molar refractivity (Wildman–Crippen MR) is 126 cm³/mol. The lowest BCUT2D eigenvalue weighted by molar-refractivity contribution is 0.0979. The maximum absolute atomic E-state index is 12.8. The van der Waals surface area contributed by atoms with Crippen LogP contribution in [0.4, 0.5) is 5.13 Å². The summed E-state index contributed by atoms with van der Waals surface area (Å²) in [4.78, 5) is 17.2. The zero-order valence-corrected chi connectivity index (χ0v) is 19.7. The number of carbonyl (C=O) groups excluding carboxylic acids is 1. The molecule has 2 aromatic carbocycles. The third-order valence-electron chi connectivity index (χ3n) is 5.17. The number of hydrogen-bond donors (Lipinski definition) is 1. The minimum absolute atomic E-state index is 0.0733. The second kappa shape index (κ2) is 9.68. The normalized spacial score (nSPS) is 16.4. The van der Waals surface area contributed by atoms with Crippen LogP contribution in [0.2, 0.25) is 5.02 Å². The minimum atomic E-state index is -3.66. The number of carbonyl (C=O) groups is 1. The Kier molecular flexibility index (Phi) is 6.92. The first kappa shape index (κ1) is 22.9. The molecule has 7 nitrogen and oxygen atoms in total. The molecule has 1 aliphatic heterocycles. The van der Waals surface area contributed by atoms with Gasteiger partial charge in [0.05, 0.1) is 16.7 Å². The van der Waals surface area contributed by atoms with Crippen LogP contribution in [0.3, 0.4) is 0 Å². The molecule has 1 N–H and O–H groups in total. The van der Waals surface area contributed by atoms with E-state index in [1.165, 1.54) is 39.9 Å². The largest absolute Gasteiger partial charge is 0.377 e. The van der Waals surface area contributed by atoms with Crippen LogP contribution in [0.25, 0.3) is 11.3 Å². The molecule has 1 saturated heterocycles. The minimum Gasteiger partial charge on any atom is -0.377 e. The lowest BCUT2D eigenvalue weighted by atomic mass is 10.2. The van der Waals surface area contributed by atoms with Crippen molar-refractivity contribution < 1.29 is 17.9 Å². The fraction of sp³-hybridized carbons (Fsp3) is 0.273. The maximum Gasteiger partial charge on any atom is 0.257 e. The van der Waals surface area contributed by atoms with E-state index in [1.807, 2.05) is 17.5 Å². The highest BCUT2D eigenvalue weighted by atomic mass is 35.5. The summed E-state index contributed by atoms with van der Waals surface area (Å²) >= 11 is 7.22. The maximum atomic E-state index is 12.8. The number of benzene rings is 2. The van der Waals surface area contributed by atoms with Crippen molar-refractivity contribution in [1.29, 1.82) is 0 Å². The average molecular weight is 492 g/mol. The Labute approximate surface area is 196 Å². The van der Waals surface area contributed by atoms with E-state index in [4.69, 9.17) is 16.3 Å². The van der Waals surface area contributed by atoms with E-state index in [9.17, 15) is 13.2 Å². The molecule has 168 valence electrons. The van der Waals surface area contributed by atoms with Crippen molar-refractivity contribution in [2.24, 2.45) is 0 Å². The van der Waals surface area contributed by atoms with Gasteiger partial charge >= 0.3 is 0 Å². The Morgan fingerprint density at radius 2 is 1.94 bits per heavy atom. The van der Waals surface area contributed by atoms with Gasteiger partial charge in [-0.2, -0.15) is 4.31 Å². The number of rotatable bonds is 7. The van der Waals surface area contributed by atoms with Crippen LogP contribution in [0.1, 0.15) is 23.2 Å². The third kappa shape index (κ3) is 5.19. The van der Waals surface area contributed by atoms with Crippen LogP contribution in [-0.2, 0) is 14.8 Å². The number of amides is 1. The number of ether oxygens (including phenoxy) is 1. The second-order valence-corrected chi connectivity index (χ2v) is 10.8. The van der Waals surface area contributed by atoms with Crippen LogP contribution in [0, 0.1) is 0 Å². The van der Waals surface area contributed by atoms with Gasteiger partial charge in [-0.3, -0.25) is 10.1 Å². The summed E-state index contributed by atoms with van der Waals surface area (Å²) in [5.74, 6) is -0.362.